The Morgan fingerprint density at radius 2 is 1.96 bits per heavy atom. The van der Waals surface area contributed by atoms with Gasteiger partial charge in [0.25, 0.3) is 5.91 Å². The van der Waals surface area contributed by atoms with Gasteiger partial charge in [0.1, 0.15) is 6.04 Å². The monoisotopic (exact) mass is 367 g/mol. The molecule has 1 fully saturated rings. The predicted molar refractivity (Wildman–Crippen MR) is 93.2 cm³/mol. The van der Waals surface area contributed by atoms with E-state index in [9.17, 15) is 14.4 Å². The minimum absolute atomic E-state index is 0.0479. The van der Waals surface area contributed by atoms with Crippen LogP contribution in [0.25, 0.3) is 0 Å². The van der Waals surface area contributed by atoms with Crippen molar-refractivity contribution in [2.75, 3.05) is 19.7 Å². The molecule has 0 spiro atoms. The van der Waals surface area contributed by atoms with E-state index in [2.05, 4.69) is 10.6 Å². The predicted octanol–water partition coefficient (Wildman–Crippen LogP) is 0.558. The standard InChI is InChI=1S/C17H22ClN3O4/c1-2-19-17(25)14-9-13(10-21(14)15(23)7-8-22)20-16(24)11-3-5-12(18)6-4-11/h3-6,13-14,22H,2,7-10H2,1H3,(H,19,25)(H,20,24)/t13-,14+/m1/s1. The molecular weight excluding hydrogens is 346 g/mol. The second-order valence-corrected chi connectivity index (χ2v) is 6.28. The topological polar surface area (TPSA) is 98.7 Å². The minimum Gasteiger partial charge on any atom is -0.396 e. The van der Waals surface area contributed by atoms with Gasteiger partial charge in [0.05, 0.1) is 6.61 Å². The molecule has 2 atom stereocenters. The Hall–Kier alpha value is -2.12. The van der Waals surface area contributed by atoms with Crippen LogP contribution in [0.2, 0.25) is 5.02 Å². The summed E-state index contributed by atoms with van der Waals surface area (Å²) in [7, 11) is 0. The van der Waals surface area contributed by atoms with Crippen LogP contribution in [0.5, 0.6) is 0 Å². The van der Waals surface area contributed by atoms with Crippen molar-refractivity contribution in [3.8, 4) is 0 Å². The third-order valence-electron chi connectivity index (χ3n) is 4.04. The smallest absolute Gasteiger partial charge is 0.251 e. The summed E-state index contributed by atoms with van der Waals surface area (Å²) in [5.74, 6) is -0.841. The Morgan fingerprint density at radius 1 is 1.28 bits per heavy atom. The Morgan fingerprint density at radius 3 is 2.56 bits per heavy atom. The van der Waals surface area contributed by atoms with Crippen LogP contribution < -0.4 is 10.6 Å². The molecule has 25 heavy (non-hydrogen) atoms. The lowest BCUT2D eigenvalue weighted by Gasteiger charge is -2.23. The SMILES string of the molecule is CCNC(=O)[C@@H]1C[C@@H](NC(=O)c2ccc(Cl)cc2)CN1C(=O)CCO. The highest BCUT2D eigenvalue weighted by Crippen LogP contribution is 2.20. The number of hydrogen-bond donors (Lipinski definition) is 3. The van der Waals surface area contributed by atoms with E-state index in [4.69, 9.17) is 16.7 Å². The molecule has 1 aliphatic heterocycles. The van der Waals surface area contributed by atoms with Crippen LogP contribution in [0.4, 0.5) is 0 Å². The molecule has 0 aromatic heterocycles. The second kappa shape index (κ2) is 8.82. The summed E-state index contributed by atoms with van der Waals surface area (Å²) < 4.78 is 0. The van der Waals surface area contributed by atoms with Crippen LogP contribution in [0.15, 0.2) is 24.3 Å². The Balaban J connectivity index is 2.06. The Kier molecular flexibility index (Phi) is 6.78. The molecule has 1 saturated heterocycles. The number of halogens is 1. The molecule has 1 aliphatic rings. The van der Waals surface area contributed by atoms with Crippen LogP contribution in [0.3, 0.4) is 0 Å². The first kappa shape index (κ1) is 19.2. The van der Waals surface area contributed by atoms with Gasteiger partial charge in [-0.1, -0.05) is 11.6 Å². The van der Waals surface area contributed by atoms with Crippen molar-refractivity contribution in [2.45, 2.75) is 31.8 Å². The maximum Gasteiger partial charge on any atom is 0.251 e. The fourth-order valence-electron chi connectivity index (χ4n) is 2.87. The highest BCUT2D eigenvalue weighted by molar-refractivity contribution is 6.30. The highest BCUT2D eigenvalue weighted by atomic mass is 35.5. The molecule has 7 nitrogen and oxygen atoms in total. The van der Waals surface area contributed by atoms with E-state index in [0.29, 0.717) is 23.6 Å². The van der Waals surface area contributed by atoms with Gasteiger partial charge in [0.15, 0.2) is 0 Å². The van der Waals surface area contributed by atoms with E-state index in [-0.39, 0.29) is 43.3 Å². The first-order valence-electron chi connectivity index (χ1n) is 8.20. The zero-order valence-corrected chi connectivity index (χ0v) is 14.8. The van der Waals surface area contributed by atoms with E-state index in [1.54, 1.807) is 31.2 Å². The number of nitrogens with one attached hydrogen (secondary N) is 2. The van der Waals surface area contributed by atoms with Gasteiger partial charge in [-0.25, -0.2) is 0 Å². The normalized spacial score (nSPS) is 19.6. The van der Waals surface area contributed by atoms with Gasteiger partial charge in [0.2, 0.25) is 11.8 Å². The van der Waals surface area contributed by atoms with Crippen molar-refractivity contribution in [2.24, 2.45) is 0 Å². The van der Waals surface area contributed by atoms with Gasteiger partial charge in [-0.05, 0) is 37.6 Å². The Labute approximate surface area is 151 Å². The van der Waals surface area contributed by atoms with Gasteiger partial charge in [0, 0.05) is 36.1 Å². The first-order chi connectivity index (χ1) is 12.0. The van der Waals surface area contributed by atoms with Gasteiger partial charge in [-0.2, -0.15) is 0 Å². The third kappa shape index (κ3) is 4.93. The van der Waals surface area contributed by atoms with Gasteiger partial charge in [-0.3, -0.25) is 14.4 Å². The quantitative estimate of drug-likeness (QED) is 0.684. The lowest BCUT2D eigenvalue weighted by atomic mass is 10.1. The number of aliphatic hydroxyl groups is 1. The summed E-state index contributed by atoms with van der Waals surface area (Å²) in [4.78, 5) is 38.1. The molecule has 3 amide bonds. The fourth-order valence-corrected chi connectivity index (χ4v) is 2.99. The molecule has 0 aliphatic carbocycles. The highest BCUT2D eigenvalue weighted by Gasteiger charge is 2.39. The number of likely N-dealkylation sites (tertiary alicyclic amines) is 1. The van der Waals surface area contributed by atoms with E-state index >= 15 is 0 Å². The number of likely N-dealkylation sites (N-methyl/N-ethyl adjacent to an activating group) is 1. The van der Waals surface area contributed by atoms with Gasteiger partial charge < -0.3 is 20.6 Å². The van der Waals surface area contributed by atoms with E-state index in [1.165, 1.54) is 4.90 Å². The summed E-state index contributed by atoms with van der Waals surface area (Å²) in [6, 6.07) is 5.50. The van der Waals surface area contributed by atoms with Gasteiger partial charge >= 0.3 is 0 Å². The zero-order valence-electron chi connectivity index (χ0n) is 14.0. The maximum absolute atomic E-state index is 12.3. The van der Waals surface area contributed by atoms with E-state index < -0.39 is 6.04 Å². The Bertz CT molecular complexity index is 609. The molecule has 0 unspecified atom stereocenters. The van der Waals surface area contributed by atoms with Crippen molar-refractivity contribution < 1.29 is 19.5 Å². The molecule has 0 radical (unpaired) electrons. The molecule has 0 saturated carbocycles. The molecule has 1 aromatic rings. The van der Waals surface area contributed by atoms with Crippen LogP contribution in [0, 0.1) is 0 Å². The van der Waals surface area contributed by atoms with Crippen LogP contribution in [0.1, 0.15) is 30.1 Å². The van der Waals surface area contributed by atoms with E-state index in [1.807, 2.05) is 0 Å². The van der Waals surface area contributed by atoms with E-state index in [0.717, 1.165) is 0 Å². The number of nitrogens with zero attached hydrogens (tertiary/aromatic N) is 1. The summed E-state index contributed by atoms with van der Waals surface area (Å²) in [5.41, 5.74) is 0.457. The van der Waals surface area contributed by atoms with Crippen molar-refractivity contribution in [3.05, 3.63) is 34.9 Å². The van der Waals surface area contributed by atoms with Crippen molar-refractivity contribution >= 4 is 29.3 Å². The average molecular weight is 368 g/mol. The van der Waals surface area contributed by atoms with Gasteiger partial charge in [-0.15, -0.1) is 0 Å². The molecular formula is C17H22ClN3O4. The lowest BCUT2D eigenvalue weighted by molar-refractivity contribution is -0.138. The number of hydrogen-bond acceptors (Lipinski definition) is 4. The maximum atomic E-state index is 12.3. The zero-order chi connectivity index (χ0) is 18.4. The minimum atomic E-state index is -0.644. The summed E-state index contributed by atoms with van der Waals surface area (Å²) >= 11 is 5.81. The number of amides is 3. The molecule has 1 aromatic carbocycles. The largest absolute Gasteiger partial charge is 0.396 e. The lowest BCUT2D eigenvalue weighted by Crippen LogP contribution is -2.46. The van der Waals surface area contributed by atoms with Crippen LogP contribution >= 0.6 is 11.6 Å². The fraction of sp³-hybridized carbons (Fsp3) is 0.471. The van der Waals surface area contributed by atoms with Crippen molar-refractivity contribution in [3.63, 3.8) is 0 Å². The number of benzene rings is 1. The summed E-state index contributed by atoms with van der Waals surface area (Å²) in [5, 5.41) is 15.1. The number of carbonyl (C=O) groups excluding carboxylic acids is 3. The molecule has 2 rings (SSSR count). The molecule has 8 heteroatoms. The first-order valence-corrected chi connectivity index (χ1v) is 8.58. The summed E-state index contributed by atoms with van der Waals surface area (Å²) in [6.45, 7) is 2.21. The van der Waals surface area contributed by atoms with Crippen LogP contribution in [-0.4, -0.2) is 59.5 Å². The van der Waals surface area contributed by atoms with Crippen molar-refractivity contribution in [1.29, 1.82) is 0 Å². The summed E-state index contributed by atoms with van der Waals surface area (Å²) in [6.07, 6.45) is 0.288. The molecule has 0 bridgehead atoms. The molecule has 136 valence electrons. The number of carbonyl (C=O) groups is 3. The molecule has 1 heterocycles. The number of aliphatic hydroxyl groups excluding tert-OH is 1. The average Bonchev–Trinajstić information content (AvgIpc) is 3.00. The number of rotatable bonds is 6. The van der Waals surface area contributed by atoms with Crippen LogP contribution in [-0.2, 0) is 9.59 Å². The molecule has 3 N–H and O–H groups in total. The third-order valence-corrected chi connectivity index (χ3v) is 4.29. The second-order valence-electron chi connectivity index (χ2n) is 5.84. The van der Waals surface area contributed by atoms with Crippen molar-refractivity contribution in [1.82, 2.24) is 15.5 Å².